The van der Waals surface area contributed by atoms with E-state index < -0.39 is 0 Å². The maximum absolute atomic E-state index is 12.3. The van der Waals surface area contributed by atoms with E-state index in [4.69, 9.17) is 9.47 Å². The summed E-state index contributed by atoms with van der Waals surface area (Å²) in [5, 5.41) is 6.04. The first kappa shape index (κ1) is 16.0. The molecule has 6 nitrogen and oxygen atoms in total. The number of aryl methyl sites for hydroxylation is 1. The summed E-state index contributed by atoms with van der Waals surface area (Å²) >= 11 is 0. The van der Waals surface area contributed by atoms with Crippen LogP contribution in [0.15, 0.2) is 60.8 Å². The number of carbonyl (C=O) groups is 1. The summed E-state index contributed by atoms with van der Waals surface area (Å²) in [5.74, 6) is 1.94. The molecule has 130 valence electrons. The summed E-state index contributed by atoms with van der Waals surface area (Å²) in [5.41, 5.74) is 3.14. The van der Waals surface area contributed by atoms with Crippen LogP contribution in [0, 0.1) is 6.92 Å². The summed E-state index contributed by atoms with van der Waals surface area (Å²) in [6, 6.07) is 16.6. The third kappa shape index (κ3) is 3.44. The van der Waals surface area contributed by atoms with Gasteiger partial charge in [-0.15, -0.1) is 0 Å². The van der Waals surface area contributed by atoms with Gasteiger partial charge in [0.2, 0.25) is 6.79 Å². The molecule has 0 radical (unpaired) electrons. The van der Waals surface area contributed by atoms with Crippen LogP contribution in [0.25, 0.3) is 0 Å². The van der Waals surface area contributed by atoms with Gasteiger partial charge in [0, 0.05) is 17.3 Å². The van der Waals surface area contributed by atoms with Gasteiger partial charge in [-0.3, -0.25) is 4.79 Å². The van der Waals surface area contributed by atoms with E-state index in [-0.39, 0.29) is 12.7 Å². The van der Waals surface area contributed by atoms with Gasteiger partial charge in [-0.05, 0) is 43.3 Å². The van der Waals surface area contributed by atoms with Gasteiger partial charge >= 0.3 is 0 Å². The summed E-state index contributed by atoms with van der Waals surface area (Å²) in [6.07, 6.45) is 1.61. The lowest BCUT2D eigenvalue weighted by Crippen LogP contribution is -2.12. The van der Waals surface area contributed by atoms with E-state index in [1.807, 2.05) is 43.3 Å². The molecule has 0 atom stereocenters. The van der Waals surface area contributed by atoms with Crippen molar-refractivity contribution in [1.82, 2.24) is 4.98 Å². The summed E-state index contributed by atoms with van der Waals surface area (Å²) in [6.45, 7) is 2.20. The van der Waals surface area contributed by atoms with Crippen LogP contribution < -0.4 is 20.1 Å². The zero-order valence-corrected chi connectivity index (χ0v) is 14.2. The third-order valence-corrected chi connectivity index (χ3v) is 3.95. The van der Waals surface area contributed by atoms with Gasteiger partial charge in [0.05, 0.1) is 11.9 Å². The van der Waals surface area contributed by atoms with Crippen molar-refractivity contribution < 1.29 is 14.3 Å². The Kier molecular flexibility index (Phi) is 4.15. The Hall–Kier alpha value is -3.54. The normalized spacial score (nSPS) is 11.9. The predicted octanol–water partition coefficient (Wildman–Crippen LogP) is 4.11. The second kappa shape index (κ2) is 6.76. The van der Waals surface area contributed by atoms with Crippen LogP contribution in [-0.2, 0) is 0 Å². The monoisotopic (exact) mass is 347 g/mol. The van der Waals surface area contributed by atoms with Gasteiger partial charge in [0.25, 0.3) is 5.91 Å². The van der Waals surface area contributed by atoms with Gasteiger partial charge in [0.15, 0.2) is 11.5 Å². The Labute approximate surface area is 150 Å². The number of anilines is 3. The maximum atomic E-state index is 12.3. The molecular formula is C20H17N3O3. The lowest BCUT2D eigenvalue weighted by atomic mass is 10.1. The summed E-state index contributed by atoms with van der Waals surface area (Å²) < 4.78 is 10.7. The molecule has 0 bridgehead atoms. The Morgan fingerprint density at radius 2 is 1.85 bits per heavy atom. The molecule has 4 rings (SSSR count). The minimum Gasteiger partial charge on any atom is -0.454 e. The van der Waals surface area contributed by atoms with Crippen molar-refractivity contribution in [2.24, 2.45) is 0 Å². The van der Waals surface area contributed by atoms with Crippen molar-refractivity contribution in [1.29, 1.82) is 0 Å². The molecule has 0 saturated heterocycles. The smallest absolute Gasteiger partial charge is 0.255 e. The van der Waals surface area contributed by atoms with Crippen molar-refractivity contribution in [2.45, 2.75) is 6.92 Å². The molecule has 0 spiro atoms. The van der Waals surface area contributed by atoms with Crippen molar-refractivity contribution in [3.8, 4) is 11.5 Å². The number of amides is 1. The molecule has 0 fully saturated rings. The highest BCUT2D eigenvalue weighted by Crippen LogP contribution is 2.34. The van der Waals surface area contributed by atoms with Crippen molar-refractivity contribution in [3.05, 3.63) is 71.9 Å². The molecule has 2 aromatic carbocycles. The second-order valence-corrected chi connectivity index (χ2v) is 5.95. The van der Waals surface area contributed by atoms with E-state index in [1.165, 1.54) is 0 Å². The van der Waals surface area contributed by atoms with Crippen LogP contribution in [0.3, 0.4) is 0 Å². The largest absolute Gasteiger partial charge is 0.454 e. The molecule has 0 aliphatic carbocycles. The fraction of sp³-hybridized carbons (Fsp3) is 0.100. The number of ether oxygens (including phenoxy) is 2. The van der Waals surface area contributed by atoms with Crippen LogP contribution in [0.4, 0.5) is 17.2 Å². The second-order valence-electron chi connectivity index (χ2n) is 5.95. The number of nitrogens with one attached hydrogen (secondary N) is 2. The van der Waals surface area contributed by atoms with E-state index in [9.17, 15) is 4.79 Å². The number of rotatable bonds is 4. The minimum absolute atomic E-state index is 0.160. The molecule has 6 heteroatoms. The highest BCUT2D eigenvalue weighted by atomic mass is 16.7. The molecule has 0 unspecified atom stereocenters. The summed E-state index contributed by atoms with van der Waals surface area (Å²) in [7, 11) is 0. The topological polar surface area (TPSA) is 72.5 Å². The highest BCUT2D eigenvalue weighted by Gasteiger charge is 2.13. The number of hydrogen-bond donors (Lipinski definition) is 2. The SMILES string of the molecule is Cc1cccc(C(=O)Nc2ccc(Nc3ccc4c(c3)OCO4)nc2)c1. The Morgan fingerprint density at radius 3 is 2.65 bits per heavy atom. The van der Waals surface area contributed by atoms with E-state index in [0.717, 1.165) is 17.0 Å². The van der Waals surface area contributed by atoms with Gasteiger partial charge in [-0.2, -0.15) is 0 Å². The van der Waals surface area contributed by atoms with Gasteiger partial charge in [-0.1, -0.05) is 17.7 Å². The number of benzene rings is 2. The first-order valence-electron chi connectivity index (χ1n) is 8.18. The number of carbonyl (C=O) groups excluding carboxylic acids is 1. The van der Waals surface area contributed by atoms with Gasteiger partial charge < -0.3 is 20.1 Å². The lowest BCUT2D eigenvalue weighted by Gasteiger charge is -2.09. The Morgan fingerprint density at radius 1 is 1.00 bits per heavy atom. The van der Waals surface area contributed by atoms with Crippen LogP contribution in [0.1, 0.15) is 15.9 Å². The highest BCUT2D eigenvalue weighted by molar-refractivity contribution is 6.04. The van der Waals surface area contributed by atoms with Gasteiger partial charge in [0.1, 0.15) is 5.82 Å². The van der Waals surface area contributed by atoms with Crippen molar-refractivity contribution >= 4 is 23.1 Å². The number of fused-ring (bicyclic) bond motifs is 1. The molecule has 1 aromatic heterocycles. The van der Waals surface area contributed by atoms with Gasteiger partial charge in [-0.25, -0.2) is 4.98 Å². The first-order chi connectivity index (χ1) is 12.7. The number of aromatic nitrogens is 1. The zero-order valence-electron chi connectivity index (χ0n) is 14.2. The zero-order chi connectivity index (χ0) is 17.9. The van der Waals surface area contributed by atoms with E-state index in [0.29, 0.717) is 22.8 Å². The van der Waals surface area contributed by atoms with E-state index in [1.54, 1.807) is 24.4 Å². The lowest BCUT2D eigenvalue weighted by molar-refractivity contribution is 0.102. The third-order valence-electron chi connectivity index (χ3n) is 3.95. The van der Waals surface area contributed by atoms with Crippen LogP contribution in [-0.4, -0.2) is 17.7 Å². The molecule has 3 aromatic rings. The average molecular weight is 347 g/mol. The van der Waals surface area contributed by atoms with E-state index in [2.05, 4.69) is 15.6 Å². The minimum atomic E-state index is -0.160. The average Bonchev–Trinajstić information content (AvgIpc) is 3.11. The fourth-order valence-electron chi connectivity index (χ4n) is 2.65. The Balaban J connectivity index is 1.43. The number of nitrogens with zero attached hydrogens (tertiary/aromatic N) is 1. The quantitative estimate of drug-likeness (QED) is 0.743. The number of hydrogen-bond acceptors (Lipinski definition) is 5. The molecule has 1 aliphatic heterocycles. The van der Waals surface area contributed by atoms with Crippen molar-refractivity contribution in [3.63, 3.8) is 0 Å². The summed E-state index contributed by atoms with van der Waals surface area (Å²) in [4.78, 5) is 16.6. The Bertz CT molecular complexity index is 955. The molecule has 2 N–H and O–H groups in total. The van der Waals surface area contributed by atoms with Crippen LogP contribution in [0.2, 0.25) is 0 Å². The van der Waals surface area contributed by atoms with E-state index >= 15 is 0 Å². The molecule has 1 amide bonds. The standard InChI is InChI=1S/C20H17N3O3/c1-13-3-2-4-14(9-13)20(24)23-16-6-8-19(21-11-16)22-15-5-7-17-18(10-15)26-12-25-17/h2-11H,12H2,1H3,(H,21,22)(H,23,24). The number of pyridine rings is 1. The molecule has 26 heavy (non-hydrogen) atoms. The molecule has 1 aliphatic rings. The molecular weight excluding hydrogens is 330 g/mol. The fourth-order valence-corrected chi connectivity index (χ4v) is 2.65. The maximum Gasteiger partial charge on any atom is 0.255 e. The van der Waals surface area contributed by atoms with Crippen molar-refractivity contribution in [2.75, 3.05) is 17.4 Å². The predicted molar refractivity (Wildman–Crippen MR) is 99.2 cm³/mol. The van der Waals surface area contributed by atoms with Crippen LogP contribution in [0.5, 0.6) is 11.5 Å². The molecule has 2 heterocycles. The molecule has 0 saturated carbocycles. The first-order valence-corrected chi connectivity index (χ1v) is 8.18. The van der Waals surface area contributed by atoms with Crippen LogP contribution >= 0.6 is 0 Å².